The number of pyridine rings is 2. The lowest BCUT2D eigenvalue weighted by atomic mass is 9.82. The molecule has 0 fully saturated rings. The molecular weight excluding hydrogens is 1570 g/mol. The molecule has 0 amide bonds. The van der Waals surface area contributed by atoms with Crippen LogP contribution in [0.15, 0.2) is 448 Å². The number of benzene rings is 19. The lowest BCUT2D eigenvalue weighted by Gasteiger charge is -2.23. The molecule has 0 atom stereocenters. The maximum atomic E-state index is 6.17. The second-order valence-corrected chi connectivity index (χ2v) is 34.2. The Bertz CT molecular complexity index is 8740. The van der Waals surface area contributed by atoms with Crippen molar-refractivity contribution < 1.29 is 4.42 Å². The van der Waals surface area contributed by atoms with Crippen LogP contribution >= 0.6 is 0 Å². The molecule has 0 spiro atoms. The molecule has 0 saturated carbocycles. The van der Waals surface area contributed by atoms with E-state index in [1.54, 1.807) is 0 Å². The molecule has 129 heavy (non-hydrogen) atoms. The van der Waals surface area contributed by atoms with Gasteiger partial charge in [0, 0.05) is 101 Å². The van der Waals surface area contributed by atoms with Crippen LogP contribution in [0.2, 0.25) is 0 Å². The number of imidazole rings is 1. The first-order chi connectivity index (χ1) is 63.8. The highest BCUT2D eigenvalue weighted by atomic mass is 16.3. The smallest absolute Gasteiger partial charge is 0.227 e. The molecule has 6 aromatic heterocycles. The van der Waals surface area contributed by atoms with Gasteiger partial charge in [0.1, 0.15) is 11.3 Å². The molecule has 1 aliphatic rings. The number of hydrogen-bond acceptors (Lipinski definition) is 5. The summed E-state index contributed by atoms with van der Waals surface area (Å²) < 4.78 is 13.5. The second-order valence-electron chi connectivity index (χ2n) is 34.2. The molecule has 0 bridgehead atoms. The van der Waals surface area contributed by atoms with Gasteiger partial charge in [-0.1, -0.05) is 323 Å². The van der Waals surface area contributed by atoms with Crippen molar-refractivity contribution in [1.82, 2.24) is 33.6 Å². The van der Waals surface area contributed by atoms with E-state index in [0.717, 1.165) is 112 Å². The van der Waals surface area contributed by atoms with E-state index in [1.807, 2.05) is 48.8 Å². The van der Waals surface area contributed by atoms with Crippen LogP contribution in [0.3, 0.4) is 0 Å². The molecule has 25 aromatic rings. The first kappa shape index (κ1) is 74.7. The van der Waals surface area contributed by atoms with Gasteiger partial charge in [0.25, 0.3) is 0 Å². The van der Waals surface area contributed by atoms with E-state index in [2.05, 4.69) is 427 Å². The summed E-state index contributed by atoms with van der Waals surface area (Å²) in [7, 11) is 0. The minimum absolute atomic E-state index is 0.151. The van der Waals surface area contributed by atoms with Gasteiger partial charge in [0.15, 0.2) is 5.58 Å². The van der Waals surface area contributed by atoms with E-state index in [9.17, 15) is 0 Å². The number of oxazole rings is 1. The average Bonchev–Trinajstić information content (AvgIpc) is 1.55. The fourth-order valence-electron chi connectivity index (χ4n) is 20.9. The van der Waals surface area contributed by atoms with E-state index >= 15 is 0 Å². The van der Waals surface area contributed by atoms with E-state index in [0.29, 0.717) is 5.89 Å². The summed E-state index contributed by atoms with van der Waals surface area (Å²) in [6, 6.07) is 155. The van der Waals surface area contributed by atoms with E-state index in [4.69, 9.17) is 19.4 Å². The molecule has 8 heteroatoms. The number of hydrogen-bond donors (Lipinski definition) is 0. The lowest BCUT2D eigenvalue weighted by molar-refractivity contribution is 0.620. The molecule has 0 unspecified atom stereocenters. The number of para-hydroxylation sites is 5. The van der Waals surface area contributed by atoms with Crippen LogP contribution in [0, 0.1) is 0 Å². The van der Waals surface area contributed by atoms with E-state index in [-0.39, 0.29) is 5.41 Å². The maximum absolute atomic E-state index is 6.17. The number of nitrogens with zero attached hydrogens (tertiary/aromatic N) is 7. The second kappa shape index (κ2) is 30.2. The van der Waals surface area contributed by atoms with Crippen molar-refractivity contribution in [2.75, 3.05) is 0 Å². The molecule has 604 valence electrons. The van der Waals surface area contributed by atoms with Crippen molar-refractivity contribution >= 4 is 109 Å². The SMILES string of the molecule is CC1(C)c2ccccc2-c2ccc(-n3c(-c4ccccc4)c(-c4ccccc4)c4c5c6ccccc6c(-c6ccc(-c7nc8ccccc8o7)cc6)cc5c5ccccc5c43)cc21.c1ccc(-c2c(-c3ccccc3)n(-c3ccc(-c4nc5ccccc5n4-c4ccccc4)cc3)c3c4ccccc4c4cc(-c5cccc(-c6ccncc6)n5)c5ccccc5c4c23)cc1. The number of rotatable bonds is 12. The molecule has 6 heterocycles. The van der Waals surface area contributed by atoms with Crippen molar-refractivity contribution in [3.63, 3.8) is 0 Å². The maximum Gasteiger partial charge on any atom is 0.227 e. The van der Waals surface area contributed by atoms with Crippen molar-refractivity contribution in [3.8, 4) is 129 Å². The van der Waals surface area contributed by atoms with Gasteiger partial charge in [-0.15, -0.1) is 0 Å². The number of fused-ring (bicyclic) bond motifs is 21. The third-order valence-electron chi connectivity index (χ3n) is 26.6. The Morgan fingerprint density at radius 1 is 0.248 bits per heavy atom. The summed E-state index contributed by atoms with van der Waals surface area (Å²) in [6.45, 7) is 4.75. The zero-order chi connectivity index (χ0) is 85.4. The van der Waals surface area contributed by atoms with Crippen molar-refractivity contribution in [1.29, 1.82) is 0 Å². The molecular formula is C121H79N7O. The molecule has 0 N–H and O–H groups in total. The molecule has 0 aliphatic heterocycles. The Labute approximate surface area is 744 Å². The lowest BCUT2D eigenvalue weighted by Crippen LogP contribution is -2.15. The van der Waals surface area contributed by atoms with Crippen LogP contribution in [0.4, 0.5) is 0 Å². The van der Waals surface area contributed by atoms with Gasteiger partial charge in [-0.3, -0.25) is 9.55 Å². The normalized spacial score (nSPS) is 12.3. The fourth-order valence-corrected chi connectivity index (χ4v) is 20.9. The van der Waals surface area contributed by atoms with Crippen LogP contribution in [0.25, 0.3) is 238 Å². The van der Waals surface area contributed by atoms with Gasteiger partial charge < -0.3 is 13.6 Å². The molecule has 8 nitrogen and oxygen atoms in total. The predicted molar refractivity (Wildman–Crippen MR) is 536 cm³/mol. The van der Waals surface area contributed by atoms with Crippen molar-refractivity contribution in [2.45, 2.75) is 19.3 Å². The minimum Gasteiger partial charge on any atom is -0.436 e. The quantitative estimate of drug-likeness (QED) is 0.114. The standard InChI is InChI=1S/C61H39N5.C60H40N2O/c1-4-17-41(18-5-1)56-58-57-48-25-12-10-23-46(48)50(53-29-16-28-52(63-53)40-35-37-62-38-36-40)39-51(57)47-24-11-13-26-49(47)60(58)66(59(56)42-19-6-2-7-20-42)45-33-31-43(32-34-45)61-64-54-27-14-15-30-55(54)65(61)44-21-8-3-9-22-44;1-60(2)50-26-14-13-23-44(50)45-34-33-41(35-51(45)60)62-57(39-19-7-4-8-20-39)54(38-17-5-3-6-18-38)56-55-46-24-11-9-21-42(46)48(36-49(55)43-22-10-12-25-47(43)58(56)62)37-29-31-40(32-30-37)59-61-52-27-15-16-28-53(52)63-59/h1-39H;3-36H,1-2H3. The first-order valence-corrected chi connectivity index (χ1v) is 44.1. The highest BCUT2D eigenvalue weighted by molar-refractivity contribution is 6.38. The third-order valence-corrected chi connectivity index (χ3v) is 26.6. The van der Waals surface area contributed by atoms with Gasteiger partial charge in [-0.05, 0) is 220 Å². The van der Waals surface area contributed by atoms with Crippen LogP contribution in [-0.4, -0.2) is 33.6 Å². The Morgan fingerprint density at radius 2 is 0.698 bits per heavy atom. The van der Waals surface area contributed by atoms with Crippen molar-refractivity contribution in [2.24, 2.45) is 0 Å². The zero-order valence-corrected chi connectivity index (χ0v) is 70.7. The largest absolute Gasteiger partial charge is 0.436 e. The molecule has 0 saturated heterocycles. The van der Waals surface area contributed by atoms with Gasteiger partial charge in [0.2, 0.25) is 5.89 Å². The molecule has 19 aromatic carbocycles. The summed E-state index contributed by atoms with van der Waals surface area (Å²) in [5.41, 5.74) is 32.3. The van der Waals surface area contributed by atoms with Crippen LogP contribution in [-0.2, 0) is 5.41 Å². The van der Waals surface area contributed by atoms with Gasteiger partial charge >= 0.3 is 0 Å². The van der Waals surface area contributed by atoms with Gasteiger partial charge in [-0.2, -0.15) is 0 Å². The highest BCUT2D eigenvalue weighted by Gasteiger charge is 2.37. The van der Waals surface area contributed by atoms with Crippen LogP contribution in [0.5, 0.6) is 0 Å². The molecule has 26 rings (SSSR count). The number of aromatic nitrogens is 7. The summed E-state index contributed by atoms with van der Waals surface area (Å²) in [6.07, 6.45) is 3.65. The Hall–Kier alpha value is -16.9. The topological polar surface area (TPSA) is 79.5 Å². The Kier molecular flexibility index (Phi) is 17.5. The van der Waals surface area contributed by atoms with E-state index < -0.39 is 0 Å². The molecule has 0 radical (unpaired) electrons. The summed E-state index contributed by atoms with van der Waals surface area (Å²) in [5, 5.41) is 16.9. The summed E-state index contributed by atoms with van der Waals surface area (Å²) in [5.74, 6) is 1.53. The predicted octanol–water partition coefficient (Wildman–Crippen LogP) is 31.8. The fraction of sp³-hybridized carbons (Fsp3) is 0.0248. The minimum atomic E-state index is -0.151. The first-order valence-electron chi connectivity index (χ1n) is 44.1. The highest BCUT2D eigenvalue weighted by Crippen LogP contribution is 2.56. The zero-order valence-electron chi connectivity index (χ0n) is 70.7. The monoisotopic (exact) mass is 1650 g/mol. The molecule has 1 aliphatic carbocycles. The van der Waals surface area contributed by atoms with Gasteiger partial charge in [0.05, 0.1) is 44.8 Å². The third kappa shape index (κ3) is 12.1. The van der Waals surface area contributed by atoms with Crippen LogP contribution in [0.1, 0.15) is 25.0 Å². The van der Waals surface area contributed by atoms with E-state index in [1.165, 1.54) is 131 Å². The Morgan fingerprint density at radius 3 is 1.30 bits per heavy atom. The summed E-state index contributed by atoms with van der Waals surface area (Å²) >= 11 is 0. The van der Waals surface area contributed by atoms with Crippen molar-refractivity contribution in [3.05, 3.63) is 454 Å². The Balaban J connectivity index is 0.000000140. The van der Waals surface area contributed by atoms with Gasteiger partial charge in [-0.25, -0.2) is 15.0 Å². The summed E-state index contributed by atoms with van der Waals surface area (Å²) in [4.78, 5) is 19.6. The average molecular weight is 1650 g/mol. The van der Waals surface area contributed by atoms with Crippen LogP contribution < -0.4 is 0 Å².